The predicted molar refractivity (Wildman–Crippen MR) is 112 cm³/mol. The van der Waals surface area contributed by atoms with Crippen LogP contribution in [0.5, 0.6) is 5.75 Å². The van der Waals surface area contributed by atoms with Crippen molar-refractivity contribution in [1.29, 1.82) is 0 Å². The first-order valence-electron chi connectivity index (χ1n) is 9.00. The third-order valence-electron chi connectivity index (χ3n) is 4.46. The summed E-state index contributed by atoms with van der Waals surface area (Å²) in [6, 6.07) is 9.19. The lowest BCUT2D eigenvalue weighted by Crippen LogP contribution is -2.31. The maximum Gasteiger partial charge on any atom is 0.296 e. The molecule has 3 heterocycles. The van der Waals surface area contributed by atoms with Gasteiger partial charge >= 0.3 is 0 Å². The van der Waals surface area contributed by atoms with E-state index >= 15 is 0 Å². The first-order valence-corrected chi connectivity index (χ1v) is 11.0. The molecule has 1 N–H and O–H groups in total. The Kier molecular flexibility index (Phi) is 5.60. The molecular formula is C20H17N3O5S2. The monoisotopic (exact) mass is 443 g/mol. The minimum Gasteiger partial charge on any atom is -0.503 e. The smallest absolute Gasteiger partial charge is 0.296 e. The molecule has 1 aliphatic rings. The topological polar surface area (TPSA) is 106 Å². The SMILES string of the molecule is CCOc1cccc([C@@H]2C(C(=O)c3ccco3)=C(O)C(=O)N2c2nnc(SC)s2)c1. The third kappa shape index (κ3) is 3.48. The highest BCUT2D eigenvalue weighted by molar-refractivity contribution is 8.00. The van der Waals surface area contributed by atoms with Gasteiger partial charge in [-0.2, -0.15) is 0 Å². The van der Waals surface area contributed by atoms with E-state index in [1.54, 1.807) is 30.3 Å². The van der Waals surface area contributed by atoms with Crippen LogP contribution in [0.25, 0.3) is 0 Å². The van der Waals surface area contributed by atoms with Crippen LogP contribution in [0.15, 0.2) is 62.8 Å². The van der Waals surface area contributed by atoms with Crippen LogP contribution in [0.2, 0.25) is 0 Å². The average Bonchev–Trinajstić information content (AvgIpc) is 3.49. The van der Waals surface area contributed by atoms with Crippen molar-refractivity contribution in [2.45, 2.75) is 17.3 Å². The maximum absolute atomic E-state index is 13.1. The lowest BCUT2D eigenvalue weighted by molar-refractivity contribution is -0.117. The molecule has 30 heavy (non-hydrogen) atoms. The minimum atomic E-state index is -0.904. The summed E-state index contributed by atoms with van der Waals surface area (Å²) in [5.41, 5.74) is 0.513. The number of aliphatic hydroxyl groups excluding tert-OH is 1. The van der Waals surface area contributed by atoms with E-state index in [1.165, 1.54) is 40.3 Å². The van der Waals surface area contributed by atoms with Crippen LogP contribution in [0, 0.1) is 0 Å². The van der Waals surface area contributed by atoms with E-state index in [-0.39, 0.29) is 16.5 Å². The molecule has 0 radical (unpaired) electrons. The number of anilines is 1. The lowest BCUT2D eigenvalue weighted by atomic mass is 9.95. The molecule has 10 heteroatoms. The molecule has 0 bridgehead atoms. The number of nitrogens with zero attached hydrogens (tertiary/aromatic N) is 3. The Morgan fingerprint density at radius 1 is 1.33 bits per heavy atom. The number of rotatable bonds is 7. The second-order valence-corrected chi connectivity index (χ2v) is 8.22. The standard InChI is InChI=1S/C20H17N3O5S2/c1-3-27-12-7-4-6-11(10-12)15-14(16(24)13-8-5-9-28-13)17(25)18(26)23(15)19-21-22-20(29-2)30-19/h4-10,15,25H,3H2,1-2H3/t15-/m1/s1. The molecule has 2 aromatic heterocycles. The lowest BCUT2D eigenvalue weighted by Gasteiger charge is -2.24. The fourth-order valence-electron chi connectivity index (χ4n) is 3.21. The van der Waals surface area contributed by atoms with Crippen molar-refractivity contribution in [3.05, 3.63) is 65.3 Å². The highest BCUT2D eigenvalue weighted by atomic mass is 32.2. The summed E-state index contributed by atoms with van der Waals surface area (Å²) in [6.07, 6.45) is 3.21. The summed E-state index contributed by atoms with van der Waals surface area (Å²) in [7, 11) is 0. The fraction of sp³-hybridized carbons (Fsp3) is 0.200. The average molecular weight is 444 g/mol. The maximum atomic E-state index is 13.1. The number of furan rings is 1. The van der Waals surface area contributed by atoms with Gasteiger partial charge in [-0.15, -0.1) is 10.2 Å². The summed E-state index contributed by atoms with van der Waals surface area (Å²) in [5.74, 6) is -1.32. The van der Waals surface area contributed by atoms with E-state index in [2.05, 4.69) is 10.2 Å². The molecule has 0 spiro atoms. The van der Waals surface area contributed by atoms with Gasteiger partial charge in [0.1, 0.15) is 5.75 Å². The number of aliphatic hydroxyl groups is 1. The number of hydrogen-bond acceptors (Lipinski definition) is 9. The van der Waals surface area contributed by atoms with Gasteiger partial charge < -0.3 is 14.3 Å². The fourth-order valence-corrected chi connectivity index (χ4v) is 4.50. The van der Waals surface area contributed by atoms with Gasteiger partial charge in [0.25, 0.3) is 5.91 Å². The summed E-state index contributed by atoms with van der Waals surface area (Å²) >= 11 is 2.59. The molecular weight excluding hydrogens is 426 g/mol. The third-order valence-corrected chi connectivity index (χ3v) is 6.36. The zero-order chi connectivity index (χ0) is 21.3. The van der Waals surface area contributed by atoms with Gasteiger partial charge in [0.2, 0.25) is 10.9 Å². The number of ether oxygens (including phenoxy) is 1. The summed E-state index contributed by atoms with van der Waals surface area (Å²) < 4.78 is 11.5. The summed E-state index contributed by atoms with van der Waals surface area (Å²) in [5, 5.41) is 19.1. The van der Waals surface area contributed by atoms with Crippen molar-refractivity contribution in [2.24, 2.45) is 0 Å². The molecule has 4 rings (SSSR count). The van der Waals surface area contributed by atoms with Gasteiger partial charge in [0.05, 0.1) is 24.5 Å². The molecule has 0 saturated heterocycles. The van der Waals surface area contributed by atoms with Gasteiger partial charge in [-0.25, -0.2) is 0 Å². The molecule has 3 aromatic rings. The molecule has 1 aromatic carbocycles. The van der Waals surface area contributed by atoms with Gasteiger partial charge in [0.15, 0.2) is 15.9 Å². The molecule has 8 nitrogen and oxygen atoms in total. The molecule has 0 saturated carbocycles. The number of carbonyl (C=O) groups excluding carboxylic acids is 2. The zero-order valence-electron chi connectivity index (χ0n) is 16.1. The number of thioether (sulfide) groups is 1. The van der Waals surface area contributed by atoms with Gasteiger partial charge in [-0.3, -0.25) is 14.5 Å². The first-order chi connectivity index (χ1) is 14.5. The van der Waals surface area contributed by atoms with E-state index in [4.69, 9.17) is 9.15 Å². The van der Waals surface area contributed by atoms with Crippen LogP contribution in [-0.4, -0.2) is 39.9 Å². The van der Waals surface area contributed by atoms with Crippen LogP contribution in [0.4, 0.5) is 5.13 Å². The van der Waals surface area contributed by atoms with Crippen LogP contribution in [0.3, 0.4) is 0 Å². The number of amides is 1. The number of ketones is 1. The van der Waals surface area contributed by atoms with E-state index in [0.29, 0.717) is 22.3 Å². The number of aromatic nitrogens is 2. The molecule has 154 valence electrons. The van der Waals surface area contributed by atoms with Crippen molar-refractivity contribution < 1.29 is 23.8 Å². The van der Waals surface area contributed by atoms with Gasteiger partial charge in [-0.05, 0) is 43.0 Å². The second kappa shape index (κ2) is 8.33. The van der Waals surface area contributed by atoms with E-state index in [0.717, 1.165) is 0 Å². The molecule has 1 aliphatic heterocycles. The molecule has 0 fully saturated rings. The van der Waals surface area contributed by atoms with Crippen LogP contribution in [0.1, 0.15) is 29.1 Å². The number of hydrogen-bond donors (Lipinski definition) is 1. The van der Waals surface area contributed by atoms with Gasteiger partial charge in [0, 0.05) is 0 Å². The summed E-state index contributed by atoms with van der Waals surface area (Å²) in [6.45, 7) is 2.32. The normalized spacial score (nSPS) is 16.4. The first kappa shape index (κ1) is 20.2. The molecule has 0 unspecified atom stereocenters. The quantitative estimate of drug-likeness (QED) is 0.331. The highest BCUT2D eigenvalue weighted by Gasteiger charge is 2.46. The van der Waals surface area contributed by atoms with Crippen LogP contribution < -0.4 is 9.64 Å². The Morgan fingerprint density at radius 2 is 2.17 bits per heavy atom. The number of Topliss-reactive ketones (excluding diaryl/α,β-unsaturated/α-hetero) is 1. The Morgan fingerprint density at radius 3 is 2.83 bits per heavy atom. The van der Waals surface area contributed by atoms with Crippen molar-refractivity contribution in [2.75, 3.05) is 17.8 Å². The van der Waals surface area contributed by atoms with Crippen molar-refractivity contribution in [3.63, 3.8) is 0 Å². The highest BCUT2D eigenvalue weighted by Crippen LogP contribution is 2.44. The minimum absolute atomic E-state index is 0.0271. The molecule has 1 atom stereocenters. The Balaban J connectivity index is 1.86. The number of benzene rings is 1. The van der Waals surface area contributed by atoms with E-state index < -0.39 is 23.5 Å². The van der Waals surface area contributed by atoms with Gasteiger partial charge in [-0.1, -0.05) is 35.2 Å². The van der Waals surface area contributed by atoms with E-state index in [9.17, 15) is 14.7 Å². The van der Waals surface area contributed by atoms with Crippen molar-refractivity contribution in [3.8, 4) is 5.75 Å². The predicted octanol–water partition coefficient (Wildman–Crippen LogP) is 4.03. The van der Waals surface area contributed by atoms with Crippen molar-refractivity contribution >= 4 is 39.9 Å². The zero-order valence-corrected chi connectivity index (χ0v) is 17.7. The second-order valence-electron chi connectivity index (χ2n) is 6.21. The Bertz CT molecular complexity index is 1120. The van der Waals surface area contributed by atoms with Crippen molar-refractivity contribution in [1.82, 2.24) is 10.2 Å². The van der Waals surface area contributed by atoms with Crippen LogP contribution >= 0.6 is 23.1 Å². The Labute approximate surface area is 180 Å². The Hall–Kier alpha value is -3.11. The largest absolute Gasteiger partial charge is 0.503 e. The van der Waals surface area contributed by atoms with E-state index in [1.807, 2.05) is 13.2 Å². The molecule has 0 aliphatic carbocycles. The van der Waals surface area contributed by atoms with Crippen LogP contribution in [-0.2, 0) is 4.79 Å². The molecule has 1 amide bonds. The summed E-state index contributed by atoms with van der Waals surface area (Å²) in [4.78, 5) is 27.4. The number of carbonyl (C=O) groups is 2.